The van der Waals surface area contributed by atoms with Crippen LogP contribution in [0.15, 0.2) is 10.4 Å². The first-order valence-electron chi connectivity index (χ1n) is 10.9. The van der Waals surface area contributed by atoms with Gasteiger partial charge in [0.2, 0.25) is 0 Å². The number of halogens is 1. The smallest absolute Gasteiger partial charge is 0.191 e. The number of hydrogen-bond donors (Lipinski definition) is 2. The normalized spacial score (nSPS) is 20.2. The van der Waals surface area contributed by atoms with E-state index in [1.807, 2.05) is 0 Å². The third-order valence-electron chi connectivity index (χ3n) is 5.77. The number of thiazole rings is 1. The van der Waals surface area contributed by atoms with Crippen LogP contribution >= 0.6 is 35.3 Å². The van der Waals surface area contributed by atoms with Gasteiger partial charge in [-0.05, 0) is 32.6 Å². The van der Waals surface area contributed by atoms with Crippen LogP contribution in [0.5, 0.6) is 0 Å². The van der Waals surface area contributed by atoms with Gasteiger partial charge in [0.05, 0.1) is 17.2 Å². The van der Waals surface area contributed by atoms with E-state index in [9.17, 15) is 0 Å². The van der Waals surface area contributed by atoms with Crippen LogP contribution in [0.3, 0.4) is 0 Å². The number of likely N-dealkylation sites (tertiary alicyclic amines) is 1. The average molecular weight is 520 g/mol. The minimum atomic E-state index is 0. The summed E-state index contributed by atoms with van der Waals surface area (Å²) in [7, 11) is 0. The van der Waals surface area contributed by atoms with Gasteiger partial charge < -0.3 is 15.5 Å². The molecule has 0 atom stereocenters. The van der Waals surface area contributed by atoms with Crippen molar-refractivity contribution in [2.75, 3.05) is 19.6 Å². The fraction of sp³-hybridized carbons (Fsp3) is 0.810. The second kappa shape index (κ2) is 12.3. The number of nitrogens with one attached hydrogen (secondary N) is 2. The van der Waals surface area contributed by atoms with Crippen LogP contribution in [0.25, 0.3) is 0 Å². The SMILES string of the molecule is CCNC(=NCc1csc(C(C)C)n1)NC1CCN(C2CCCCC2)CC1.I. The number of piperidine rings is 1. The number of nitrogens with zero attached hydrogens (tertiary/aromatic N) is 3. The summed E-state index contributed by atoms with van der Waals surface area (Å²) in [6.07, 6.45) is 9.55. The van der Waals surface area contributed by atoms with Gasteiger partial charge in [-0.2, -0.15) is 0 Å². The summed E-state index contributed by atoms with van der Waals surface area (Å²) in [5, 5.41) is 10.4. The van der Waals surface area contributed by atoms with Crippen LogP contribution in [-0.4, -0.2) is 47.6 Å². The molecule has 2 N–H and O–H groups in total. The zero-order valence-corrected chi connectivity index (χ0v) is 20.9. The van der Waals surface area contributed by atoms with E-state index >= 15 is 0 Å². The molecule has 0 bridgehead atoms. The van der Waals surface area contributed by atoms with Crippen molar-refractivity contribution >= 4 is 41.3 Å². The van der Waals surface area contributed by atoms with E-state index in [1.54, 1.807) is 11.3 Å². The predicted octanol–water partition coefficient (Wildman–Crippen LogP) is 4.74. The molecule has 1 aliphatic heterocycles. The highest BCUT2D eigenvalue weighted by atomic mass is 127. The molecule has 0 unspecified atom stereocenters. The largest absolute Gasteiger partial charge is 0.357 e. The van der Waals surface area contributed by atoms with Crippen molar-refractivity contribution in [3.05, 3.63) is 16.1 Å². The molecule has 1 saturated carbocycles. The number of guanidine groups is 1. The molecule has 1 saturated heterocycles. The topological polar surface area (TPSA) is 52.6 Å². The molecule has 0 aromatic carbocycles. The Morgan fingerprint density at radius 2 is 1.93 bits per heavy atom. The maximum atomic E-state index is 4.78. The Labute approximate surface area is 192 Å². The van der Waals surface area contributed by atoms with Crippen LogP contribution in [0, 0.1) is 0 Å². The summed E-state index contributed by atoms with van der Waals surface area (Å²) < 4.78 is 0. The van der Waals surface area contributed by atoms with Gasteiger partial charge >= 0.3 is 0 Å². The first kappa shape index (κ1) is 23.9. The van der Waals surface area contributed by atoms with Crippen molar-refractivity contribution in [3.8, 4) is 0 Å². The fourth-order valence-electron chi connectivity index (χ4n) is 4.19. The van der Waals surface area contributed by atoms with Gasteiger partial charge in [-0.25, -0.2) is 9.98 Å². The Hall–Kier alpha value is -0.410. The number of rotatable bonds is 6. The lowest BCUT2D eigenvalue weighted by atomic mass is 9.92. The molecule has 160 valence electrons. The Bertz CT molecular complexity index is 589. The summed E-state index contributed by atoms with van der Waals surface area (Å²) in [5.74, 6) is 1.43. The van der Waals surface area contributed by atoms with Crippen molar-refractivity contribution in [2.24, 2.45) is 4.99 Å². The molecular formula is C21H38IN5S. The van der Waals surface area contributed by atoms with Crippen molar-refractivity contribution in [1.29, 1.82) is 0 Å². The average Bonchev–Trinajstić information content (AvgIpc) is 3.17. The van der Waals surface area contributed by atoms with Crippen LogP contribution in [-0.2, 0) is 6.54 Å². The van der Waals surface area contributed by atoms with Crippen LogP contribution in [0.4, 0.5) is 0 Å². The summed E-state index contributed by atoms with van der Waals surface area (Å²) in [5.41, 5.74) is 1.08. The monoisotopic (exact) mass is 519 g/mol. The lowest BCUT2D eigenvalue weighted by molar-refractivity contribution is 0.119. The van der Waals surface area contributed by atoms with Gasteiger partial charge in [0.25, 0.3) is 0 Å². The number of hydrogen-bond acceptors (Lipinski definition) is 4. The van der Waals surface area contributed by atoms with Gasteiger partial charge in [0.1, 0.15) is 0 Å². The van der Waals surface area contributed by atoms with Gasteiger partial charge in [0, 0.05) is 43.0 Å². The molecule has 5 nitrogen and oxygen atoms in total. The first-order chi connectivity index (χ1) is 13.2. The quantitative estimate of drug-likeness (QED) is 0.324. The molecule has 2 heterocycles. The highest BCUT2D eigenvalue weighted by molar-refractivity contribution is 14.0. The zero-order valence-electron chi connectivity index (χ0n) is 17.7. The van der Waals surface area contributed by atoms with E-state index in [2.05, 4.69) is 41.7 Å². The van der Waals surface area contributed by atoms with Gasteiger partial charge in [-0.15, -0.1) is 35.3 Å². The van der Waals surface area contributed by atoms with Crippen LogP contribution in [0.2, 0.25) is 0 Å². The Morgan fingerprint density at radius 3 is 2.54 bits per heavy atom. The van der Waals surface area contributed by atoms with Gasteiger partial charge in [0.15, 0.2) is 5.96 Å². The minimum absolute atomic E-state index is 0. The Kier molecular flexibility index (Phi) is 10.5. The van der Waals surface area contributed by atoms with E-state index in [0.29, 0.717) is 18.5 Å². The minimum Gasteiger partial charge on any atom is -0.357 e. The highest BCUT2D eigenvalue weighted by Gasteiger charge is 2.26. The molecular weight excluding hydrogens is 481 g/mol. The Balaban J connectivity index is 0.00000280. The van der Waals surface area contributed by atoms with E-state index in [4.69, 9.17) is 9.98 Å². The summed E-state index contributed by atoms with van der Waals surface area (Å²) in [6.45, 7) is 10.5. The van der Waals surface area contributed by atoms with Crippen molar-refractivity contribution in [2.45, 2.75) is 90.3 Å². The third kappa shape index (κ3) is 7.13. The van der Waals surface area contributed by atoms with Crippen molar-refractivity contribution in [1.82, 2.24) is 20.5 Å². The zero-order chi connectivity index (χ0) is 19.1. The maximum absolute atomic E-state index is 4.78. The molecule has 2 fully saturated rings. The highest BCUT2D eigenvalue weighted by Crippen LogP contribution is 2.25. The Morgan fingerprint density at radius 1 is 1.21 bits per heavy atom. The van der Waals surface area contributed by atoms with E-state index in [-0.39, 0.29) is 24.0 Å². The summed E-state index contributed by atoms with van der Waals surface area (Å²) >= 11 is 1.75. The second-order valence-electron chi connectivity index (χ2n) is 8.27. The molecule has 1 aromatic rings. The predicted molar refractivity (Wildman–Crippen MR) is 131 cm³/mol. The van der Waals surface area contributed by atoms with Crippen molar-refractivity contribution in [3.63, 3.8) is 0 Å². The molecule has 28 heavy (non-hydrogen) atoms. The molecule has 7 heteroatoms. The summed E-state index contributed by atoms with van der Waals surface area (Å²) in [4.78, 5) is 12.2. The number of aliphatic imine (C=N–C) groups is 1. The van der Waals surface area contributed by atoms with Crippen molar-refractivity contribution < 1.29 is 0 Å². The third-order valence-corrected chi connectivity index (χ3v) is 6.96. The standard InChI is InChI=1S/C21H37N5S.HI/c1-4-22-21(23-14-18-15-27-20(24-18)16(2)3)25-17-10-12-26(13-11-17)19-8-6-5-7-9-19;/h15-17,19H,4-14H2,1-3H3,(H2,22,23,25);1H. The number of aromatic nitrogens is 1. The van der Waals surface area contributed by atoms with Gasteiger partial charge in [-0.1, -0.05) is 33.1 Å². The molecule has 0 amide bonds. The second-order valence-corrected chi connectivity index (χ2v) is 9.16. The van der Waals surface area contributed by atoms with Crippen LogP contribution in [0.1, 0.15) is 82.3 Å². The molecule has 2 aliphatic rings. The summed E-state index contributed by atoms with van der Waals surface area (Å²) in [6, 6.07) is 1.38. The molecule has 3 rings (SSSR count). The van der Waals surface area contributed by atoms with Gasteiger partial charge in [-0.3, -0.25) is 0 Å². The molecule has 1 aromatic heterocycles. The maximum Gasteiger partial charge on any atom is 0.191 e. The lowest BCUT2D eigenvalue weighted by Gasteiger charge is -2.39. The fourth-order valence-corrected chi connectivity index (χ4v) is 5.02. The molecule has 0 spiro atoms. The lowest BCUT2D eigenvalue weighted by Crippen LogP contribution is -2.50. The molecule has 1 aliphatic carbocycles. The first-order valence-corrected chi connectivity index (χ1v) is 11.8. The van der Waals surface area contributed by atoms with Crippen LogP contribution < -0.4 is 10.6 Å². The van der Waals surface area contributed by atoms with E-state index in [0.717, 1.165) is 24.2 Å². The molecule has 0 radical (unpaired) electrons. The van der Waals surface area contributed by atoms with E-state index < -0.39 is 0 Å². The van der Waals surface area contributed by atoms with E-state index in [1.165, 1.54) is 63.0 Å².